The van der Waals surface area contributed by atoms with E-state index in [-0.39, 0.29) is 23.0 Å². The molecule has 0 bridgehead atoms. The number of benzene rings is 2. The van der Waals surface area contributed by atoms with Gasteiger partial charge >= 0.3 is 11.9 Å². The number of carbonyl (C=O) groups is 2. The van der Waals surface area contributed by atoms with Gasteiger partial charge in [0.05, 0.1) is 14.2 Å². The Morgan fingerprint density at radius 2 is 1.44 bits per heavy atom. The summed E-state index contributed by atoms with van der Waals surface area (Å²) in [5, 5.41) is 18.2. The molecule has 0 atom stereocenters. The van der Waals surface area contributed by atoms with Crippen molar-refractivity contribution in [1.29, 1.82) is 0 Å². The summed E-state index contributed by atoms with van der Waals surface area (Å²) < 4.78 is 15.4. The summed E-state index contributed by atoms with van der Waals surface area (Å²) in [4.78, 5) is 22.6. The van der Waals surface area contributed by atoms with Crippen LogP contribution < -0.4 is 14.2 Å². The maximum Gasteiger partial charge on any atom is 0.336 e. The van der Waals surface area contributed by atoms with E-state index >= 15 is 0 Å². The van der Waals surface area contributed by atoms with E-state index in [1.807, 2.05) is 0 Å². The second kappa shape index (κ2) is 9.10. The summed E-state index contributed by atoms with van der Waals surface area (Å²) in [6, 6.07) is 9.30. The third-order valence-electron chi connectivity index (χ3n) is 3.43. The highest BCUT2D eigenvalue weighted by atomic mass is 16.6. The van der Waals surface area contributed by atoms with Crippen LogP contribution >= 0.6 is 0 Å². The topological polar surface area (TPSA) is 102 Å². The summed E-state index contributed by atoms with van der Waals surface area (Å²) in [6.45, 7) is 0. The van der Waals surface area contributed by atoms with E-state index in [2.05, 4.69) is 0 Å². The first-order valence-corrected chi connectivity index (χ1v) is 7.79. The largest absolute Gasteiger partial charge is 0.504 e. The Hall–Kier alpha value is -3.74. The Morgan fingerprint density at radius 1 is 0.852 bits per heavy atom. The fourth-order valence-corrected chi connectivity index (χ4v) is 2.14. The number of carboxylic acid groups (broad SMARTS) is 1. The van der Waals surface area contributed by atoms with E-state index in [0.29, 0.717) is 11.1 Å². The number of aromatic hydroxyl groups is 1. The smallest absolute Gasteiger partial charge is 0.336 e. The van der Waals surface area contributed by atoms with Crippen molar-refractivity contribution in [2.75, 3.05) is 14.2 Å². The zero-order valence-corrected chi connectivity index (χ0v) is 14.7. The van der Waals surface area contributed by atoms with Gasteiger partial charge in [0.15, 0.2) is 23.0 Å². The van der Waals surface area contributed by atoms with E-state index in [1.165, 1.54) is 44.6 Å². The Morgan fingerprint density at radius 3 is 2.07 bits per heavy atom. The molecule has 2 aromatic carbocycles. The third kappa shape index (κ3) is 5.64. The van der Waals surface area contributed by atoms with Gasteiger partial charge in [-0.15, -0.1) is 0 Å². The van der Waals surface area contributed by atoms with Crippen LogP contribution in [0.15, 0.2) is 48.6 Å². The molecule has 27 heavy (non-hydrogen) atoms. The zero-order valence-electron chi connectivity index (χ0n) is 14.7. The Bertz CT molecular complexity index is 897. The quantitative estimate of drug-likeness (QED) is 0.438. The van der Waals surface area contributed by atoms with Gasteiger partial charge in [-0.25, -0.2) is 9.59 Å². The summed E-state index contributed by atoms with van der Waals surface area (Å²) in [5.41, 5.74) is 1.23. The van der Waals surface area contributed by atoms with Gasteiger partial charge in [-0.05, 0) is 47.5 Å². The molecule has 0 spiro atoms. The van der Waals surface area contributed by atoms with Crippen molar-refractivity contribution < 1.29 is 34.0 Å². The maximum absolute atomic E-state index is 12.0. The van der Waals surface area contributed by atoms with Crippen molar-refractivity contribution in [3.8, 4) is 23.0 Å². The number of carbonyl (C=O) groups excluding carboxylic acids is 1. The van der Waals surface area contributed by atoms with E-state index in [1.54, 1.807) is 24.3 Å². The van der Waals surface area contributed by atoms with Crippen LogP contribution in [0.4, 0.5) is 0 Å². The van der Waals surface area contributed by atoms with Crippen molar-refractivity contribution in [3.05, 3.63) is 59.7 Å². The fourth-order valence-electron chi connectivity index (χ4n) is 2.14. The molecule has 2 rings (SSSR count). The number of esters is 1. The average molecular weight is 370 g/mol. The fraction of sp³-hybridized carbons (Fsp3) is 0.100. The minimum Gasteiger partial charge on any atom is -0.504 e. The monoisotopic (exact) mass is 370 g/mol. The molecule has 0 aliphatic carbocycles. The van der Waals surface area contributed by atoms with E-state index < -0.39 is 11.9 Å². The second-order valence-corrected chi connectivity index (χ2v) is 5.27. The molecule has 0 saturated carbocycles. The van der Waals surface area contributed by atoms with Crippen molar-refractivity contribution >= 4 is 24.1 Å². The van der Waals surface area contributed by atoms with E-state index in [0.717, 1.165) is 6.08 Å². The SMILES string of the molecule is COc1cc(/C=C/C(=O)Oc2ccc(/C=C/C(=O)O)cc2OC)ccc1O. The van der Waals surface area contributed by atoms with Crippen molar-refractivity contribution in [2.45, 2.75) is 0 Å². The van der Waals surface area contributed by atoms with Gasteiger partial charge < -0.3 is 24.4 Å². The molecular formula is C20H18O7. The van der Waals surface area contributed by atoms with Crippen LogP contribution in [0.2, 0.25) is 0 Å². The van der Waals surface area contributed by atoms with Crippen LogP contribution in [0.1, 0.15) is 11.1 Å². The number of hydrogen-bond donors (Lipinski definition) is 2. The lowest BCUT2D eigenvalue weighted by molar-refractivity contribution is -0.131. The highest BCUT2D eigenvalue weighted by Crippen LogP contribution is 2.29. The number of aliphatic carboxylic acids is 1. The molecule has 7 heteroatoms. The van der Waals surface area contributed by atoms with Gasteiger partial charge in [-0.3, -0.25) is 0 Å². The first-order valence-electron chi connectivity index (χ1n) is 7.79. The number of hydrogen-bond acceptors (Lipinski definition) is 6. The van der Waals surface area contributed by atoms with Crippen LogP contribution in [0.3, 0.4) is 0 Å². The predicted molar refractivity (Wildman–Crippen MR) is 99.0 cm³/mol. The summed E-state index contributed by atoms with van der Waals surface area (Å²) >= 11 is 0. The molecule has 7 nitrogen and oxygen atoms in total. The standard InChI is InChI=1S/C20H18O7/c1-25-17-11-13(3-7-15(17)21)6-10-20(24)27-16-8-4-14(5-9-19(22)23)12-18(16)26-2/h3-12,21H,1-2H3,(H,22,23)/b9-5+,10-6+. The molecule has 0 amide bonds. The first-order chi connectivity index (χ1) is 12.9. The molecule has 0 radical (unpaired) electrons. The Balaban J connectivity index is 2.11. The van der Waals surface area contributed by atoms with Crippen molar-refractivity contribution in [3.63, 3.8) is 0 Å². The van der Waals surface area contributed by atoms with Crippen molar-refractivity contribution in [2.24, 2.45) is 0 Å². The number of carboxylic acids is 1. The van der Waals surface area contributed by atoms with Gasteiger partial charge in [0.1, 0.15) is 0 Å². The van der Waals surface area contributed by atoms with Gasteiger partial charge in [0, 0.05) is 12.2 Å². The molecule has 0 fully saturated rings. The molecule has 0 aliphatic rings. The third-order valence-corrected chi connectivity index (χ3v) is 3.43. The number of phenolic OH excluding ortho intramolecular Hbond substituents is 1. The summed E-state index contributed by atoms with van der Waals surface area (Å²) in [7, 11) is 2.84. The van der Waals surface area contributed by atoms with Crippen LogP contribution in [-0.2, 0) is 9.59 Å². The minimum atomic E-state index is -1.07. The lowest BCUT2D eigenvalue weighted by Crippen LogP contribution is -2.05. The Labute approximate surface area is 155 Å². The number of methoxy groups -OCH3 is 2. The summed E-state index contributed by atoms with van der Waals surface area (Å²) in [6.07, 6.45) is 5.13. The normalized spacial score (nSPS) is 10.9. The zero-order chi connectivity index (χ0) is 19.8. The molecular weight excluding hydrogens is 352 g/mol. The number of phenols is 1. The minimum absolute atomic E-state index is 0.000926. The van der Waals surface area contributed by atoms with Crippen LogP contribution in [0.25, 0.3) is 12.2 Å². The predicted octanol–water partition coefficient (Wildman–Crippen LogP) is 3.13. The van der Waals surface area contributed by atoms with Crippen LogP contribution in [0.5, 0.6) is 23.0 Å². The maximum atomic E-state index is 12.0. The van der Waals surface area contributed by atoms with Crippen LogP contribution in [-0.4, -0.2) is 36.4 Å². The van der Waals surface area contributed by atoms with Crippen LogP contribution in [0, 0.1) is 0 Å². The molecule has 0 heterocycles. The van der Waals surface area contributed by atoms with E-state index in [9.17, 15) is 14.7 Å². The van der Waals surface area contributed by atoms with Gasteiger partial charge in [0.2, 0.25) is 0 Å². The van der Waals surface area contributed by atoms with Gasteiger partial charge in [-0.2, -0.15) is 0 Å². The van der Waals surface area contributed by atoms with Gasteiger partial charge in [-0.1, -0.05) is 12.1 Å². The average Bonchev–Trinajstić information content (AvgIpc) is 2.66. The molecule has 0 saturated heterocycles. The molecule has 0 aromatic heterocycles. The summed E-state index contributed by atoms with van der Waals surface area (Å²) in [5.74, 6) is -0.927. The number of rotatable bonds is 7. The molecule has 140 valence electrons. The second-order valence-electron chi connectivity index (χ2n) is 5.27. The molecule has 2 N–H and O–H groups in total. The van der Waals surface area contributed by atoms with Crippen molar-refractivity contribution in [1.82, 2.24) is 0 Å². The highest BCUT2D eigenvalue weighted by Gasteiger charge is 2.09. The molecule has 0 unspecified atom stereocenters. The molecule has 0 aliphatic heterocycles. The highest BCUT2D eigenvalue weighted by molar-refractivity contribution is 5.89. The first kappa shape index (κ1) is 19.6. The lowest BCUT2D eigenvalue weighted by Gasteiger charge is -2.08. The van der Waals surface area contributed by atoms with E-state index in [4.69, 9.17) is 19.3 Å². The lowest BCUT2D eigenvalue weighted by atomic mass is 10.2. The molecule has 2 aromatic rings. The number of ether oxygens (including phenoxy) is 3. The van der Waals surface area contributed by atoms with Gasteiger partial charge in [0.25, 0.3) is 0 Å². The Kier molecular flexibility index (Phi) is 6.60.